The molecule has 0 fully saturated rings. The molecule has 0 radical (unpaired) electrons. The Morgan fingerprint density at radius 2 is 1.59 bits per heavy atom. The first-order valence-corrected chi connectivity index (χ1v) is 11.6. The Balaban J connectivity index is 1.55. The average Bonchev–Trinajstić information content (AvgIpc) is 2.79. The van der Waals surface area contributed by atoms with Crippen LogP contribution in [0.15, 0.2) is 71.6 Å². The fourth-order valence-electron chi connectivity index (χ4n) is 3.62. The van der Waals surface area contributed by atoms with E-state index >= 15 is 0 Å². The third-order valence-corrected chi connectivity index (χ3v) is 7.16. The van der Waals surface area contributed by atoms with E-state index in [4.69, 9.17) is 4.74 Å². The summed E-state index contributed by atoms with van der Waals surface area (Å²) in [4.78, 5) is 15.1. The standard InChI is InChI=1S/C24H23FN2O4S/c1-26(2)32(29,30)22-13-14-23-18(16-22)4-3-15-27(23)24(28)17-5-9-20(10-6-17)31-21-11-7-19(25)8-12-21/h5-14,16H,3-4,15H2,1-2H3. The van der Waals surface area contributed by atoms with Crippen molar-refractivity contribution in [3.63, 3.8) is 0 Å². The van der Waals surface area contributed by atoms with Gasteiger partial charge in [-0.3, -0.25) is 4.79 Å². The summed E-state index contributed by atoms with van der Waals surface area (Å²) >= 11 is 0. The predicted molar refractivity (Wildman–Crippen MR) is 120 cm³/mol. The number of halogens is 1. The molecule has 1 aliphatic heterocycles. The van der Waals surface area contributed by atoms with Gasteiger partial charge in [-0.2, -0.15) is 0 Å². The second-order valence-corrected chi connectivity index (χ2v) is 9.87. The molecule has 0 aromatic heterocycles. The van der Waals surface area contributed by atoms with Crippen LogP contribution < -0.4 is 9.64 Å². The normalized spacial score (nSPS) is 13.7. The number of hydrogen-bond donors (Lipinski definition) is 0. The van der Waals surface area contributed by atoms with Gasteiger partial charge in [-0.05, 0) is 85.1 Å². The molecule has 3 aromatic rings. The van der Waals surface area contributed by atoms with Crippen molar-refractivity contribution in [2.75, 3.05) is 25.5 Å². The molecule has 1 amide bonds. The van der Waals surface area contributed by atoms with Crippen LogP contribution in [0.5, 0.6) is 11.5 Å². The number of carbonyl (C=O) groups is 1. The van der Waals surface area contributed by atoms with E-state index in [1.165, 1.54) is 42.7 Å². The number of nitrogens with zero attached hydrogens (tertiary/aromatic N) is 2. The summed E-state index contributed by atoms with van der Waals surface area (Å²) in [6, 6.07) is 17.3. The van der Waals surface area contributed by atoms with Crippen LogP contribution >= 0.6 is 0 Å². The van der Waals surface area contributed by atoms with Crippen molar-refractivity contribution < 1.29 is 22.3 Å². The van der Waals surface area contributed by atoms with E-state index in [0.29, 0.717) is 30.0 Å². The monoisotopic (exact) mass is 454 g/mol. The van der Waals surface area contributed by atoms with Crippen molar-refractivity contribution >= 4 is 21.6 Å². The second kappa shape index (κ2) is 8.72. The lowest BCUT2D eigenvalue weighted by atomic mass is 10.0. The van der Waals surface area contributed by atoms with Gasteiger partial charge >= 0.3 is 0 Å². The largest absolute Gasteiger partial charge is 0.457 e. The summed E-state index contributed by atoms with van der Waals surface area (Å²) < 4.78 is 44.8. The molecular formula is C24H23FN2O4S. The molecule has 0 unspecified atom stereocenters. The van der Waals surface area contributed by atoms with Gasteiger partial charge in [0.05, 0.1) is 4.90 Å². The molecule has 0 saturated carbocycles. The molecule has 3 aromatic carbocycles. The van der Waals surface area contributed by atoms with Crippen LogP contribution in [0.25, 0.3) is 0 Å². The molecule has 0 aliphatic carbocycles. The number of amides is 1. The summed E-state index contributed by atoms with van der Waals surface area (Å²) in [5, 5.41) is 0. The van der Waals surface area contributed by atoms with Gasteiger partial charge in [0.15, 0.2) is 0 Å². The topological polar surface area (TPSA) is 66.9 Å². The first-order chi connectivity index (χ1) is 15.3. The van der Waals surface area contributed by atoms with Crippen LogP contribution in [0.3, 0.4) is 0 Å². The van der Waals surface area contributed by atoms with Crippen LogP contribution in [-0.2, 0) is 16.4 Å². The summed E-state index contributed by atoms with van der Waals surface area (Å²) in [5.41, 5.74) is 2.06. The van der Waals surface area contributed by atoms with Gasteiger partial charge in [0.25, 0.3) is 5.91 Å². The van der Waals surface area contributed by atoms with Gasteiger partial charge in [-0.15, -0.1) is 0 Å². The molecule has 1 aliphatic rings. The third-order valence-electron chi connectivity index (χ3n) is 5.34. The van der Waals surface area contributed by atoms with Crippen molar-refractivity contribution in [1.82, 2.24) is 4.31 Å². The number of hydrogen-bond acceptors (Lipinski definition) is 4. The molecule has 166 valence electrons. The minimum atomic E-state index is -3.54. The summed E-state index contributed by atoms with van der Waals surface area (Å²) in [5.74, 6) is 0.527. The van der Waals surface area contributed by atoms with E-state index in [0.717, 1.165) is 17.7 Å². The van der Waals surface area contributed by atoms with E-state index in [2.05, 4.69) is 0 Å². The quantitative estimate of drug-likeness (QED) is 0.571. The van der Waals surface area contributed by atoms with E-state index < -0.39 is 10.0 Å². The van der Waals surface area contributed by atoms with Crippen LogP contribution in [0.4, 0.5) is 10.1 Å². The summed E-state index contributed by atoms with van der Waals surface area (Å²) in [7, 11) is -0.550. The lowest BCUT2D eigenvalue weighted by molar-refractivity contribution is 0.0985. The van der Waals surface area contributed by atoms with Gasteiger partial charge < -0.3 is 9.64 Å². The maximum atomic E-state index is 13.2. The number of carbonyl (C=O) groups excluding carboxylic acids is 1. The highest BCUT2D eigenvalue weighted by atomic mass is 32.2. The minimum absolute atomic E-state index is 0.164. The van der Waals surface area contributed by atoms with Gasteiger partial charge in [0.1, 0.15) is 17.3 Å². The van der Waals surface area contributed by atoms with Gasteiger partial charge in [-0.1, -0.05) is 0 Å². The molecule has 4 rings (SSSR count). The van der Waals surface area contributed by atoms with Crippen LogP contribution in [0.1, 0.15) is 22.3 Å². The number of aryl methyl sites for hydroxylation is 1. The zero-order valence-corrected chi connectivity index (χ0v) is 18.6. The van der Waals surface area contributed by atoms with Crippen molar-refractivity contribution in [3.8, 4) is 11.5 Å². The molecule has 0 saturated heterocycles. The highest BCUT2D eigenvalue weighted by Gasteiger charge is 2.26. The predicted octanol–water partition coefficient (Wildman–Crippen LogP) is 4.46. The number of rotatable bonds is 5. The van der Waals surface area contributed by atoms with Crippen molar-refractivity contribution in [2.24, 2.45) is 0 Å². The van der Waals surface area contributed by atoms with Gasteiger partial charge in [0.2, 0.25) is 10.0 Å². The molecule has 6 nitrogen and oxygen atoms in total. The smallest absolute Gasteiger partial charge is 0.258 e. The zero-order valence-electron chi connectivity index (χ0n) is 17.8. The Labute approximate surface area is 186 Å². The Hall–Kier alpha value is -3.23. The Bertz CT molecular complexity index is 1240. The van der Waals surface area contributed by atoms with Crippen LogP contribution in [0.2, 0.25) is 0 Å². The molecular weight excluding hydrogens is 431 g/mol. The van der Waals surface area contributed by atoms with Crippen LogP contribution in [0, 0.1) is 5.82 Å². The molecule has 0 bridgehead atoms. The zero-order chi connectivity index (χ0) is 22.9. The highest BCUT2D eigenvalue weighted by molar-refractivity contribution is 7.89. The molecule has 0 N–H and O–H groups in total. The van der Waals surface area contributed by atoms with Crippen molar-refractivity contribution in [1.29, 1.82) is 0 Å². The van der Waals surface area contributed by atoms with E-state index in [9.17, 15) is 17.6 Å². The second-order valence-electron chi connectivity index (χ2n) is 7.72. The number of sulfonamides is 1. The van der Waals surface area contributed by atoms with Crippen LogP contribution in [-0.4, -0.2) is 39.3 Å². The highest BCUT2D eigenvalue weighted by Crippen LogP contribution is 2.31. The summed E-state index contributed by atoms with van der Waals surface area (Å²) in [6.45, 7) is 0.555. The Morgan fingerprint density at radius 3 is 2.22 bits per heavy atom. The van der Waals surface area contributed by atoms with E-state index in [1.807, 2.05) is 0 Å². The SMILES string of the molecule is CN(C)S(=O)(=O)c1ccc2c(c1)CCCN2C(=O)c1ccc(Oc2ccc(F)cc2)cc1. The molecule has 0 spiro atoms. The lowest BCUT2D eigenvalue weighted by Gasteiger charge is -2.30. The van der Waals surface area contributed by atoms with Crippen molar-refractivity contribution in [2.45, 2.75) is 17.7 Å². The third kappa shape index (κ3) is 4.37. The van der Waals surface area contributed by atoms with E-state index in [1.54, 1.807) is 47.4 Å². The molecule has 8 heteroatoms. The number of benzene rings is 3. The number of anilines is 1. The first-order valence-electron chi connectivity index (χ1n) is 10.2. The Kier molecular flexibility index (Phi) is 5.99. The lowest BCUT2D eigenvalue weighted by Crippen LogP contribution is -2.35. The number of ether oxygens (including phenoxy) is 1. The maximum Gasteiger partial charge on any atom is 0.258 e. The van der Waals surface area contributed by atoms with Crippen molar-refractivity contribution in [3.05, 3.63) is 83.7 Å². The van der Waals surface area contributed by atoms with Gasteiger partial charge in [-0.25, -0.2) is 17.1 Å². The molecule has 32 heavy (non-hydrogen) atoms. The average molecular weight is 455 g/mol. The molecule has 1 heterocycles. The van der Waals surface area contributed by atoms with Gasteiger partial charge in [0, 0.05) is 31.9 Å². The first kappa shape index (κ1) is 22.0. The summed E-state index contributed by atoms with van der Waals surface area (Å²) in [6.07, 6.45) is 1.45. The molecule has 0 atom stereocenters. The maximum absolute atomic E-state index is 13.2. The Morgan fingerprint density at radius 1 is 0.969 bits per heavy atom. The minimum Gasteiger partial charge on any atom is -0.457 e. The fraction of sp³-hybridized carbons (Fsp3) is 0.208. The fourth-order valence-corrected chi connectivity index (χ4v) is 4.57. The van der Waals surface area contributed by atoms with E-state index in [-0.39, 0.29) is 16.6 Å². The number of fused-ring (bicyclic) bond motifs is 1.